The summed E-state index contributed by atoms with van der Waals surface area (Å²) < 4.78 is 13.8. The van der Waals surface area contributed by atoms with E-state index in [0.717, 1.165) is 38.5 Å². The molecule has 2 aliphatic carbocycles. The fourth-order valence-corrected chi connectivity index (χ4v) is 3.33. The topological polar surface area (TPSA) is 44.0 Å². The zero-order valence-corrected chi connectivity index (χ0v) is 9.61. The Bertz CT molecular complexity index is 268. The van der Waals surface area contributed by atoms with E-state index in [-0.39, 0.29) is 11.8 Å². The first-order valence-corrected chi connectivity index (χ1v) is 6.42. The quantitative estimate of drug-likeness (QED) is 0.745. The Labute approximate surface area is 96.5 Å². The van der Waals surface area contributed by atoms with E-state index < -0.39 is 12.3 Å². The molecular weight excluding hydrogens is 205 g/mol. The van der Waals surface area contributed by atoms with Gasteiger partial charge in [-0.25, -0.2) is 4.39 Å². The van der Waals surface area contributed by atoms with Crippen LogP contribution in [0.15, 0.2) is 0 Å². The highest BCUT2D eigenvalue weighted by Gasteiger charge is 2.36. The van der Waals surface area contributed by atoms with Crippen LogP contribution in [0.4, 0.5) is 4.39 Å². The van der Waals surface area contributed by atoms with Crippen LogP contribution in [0.3, 0.4) is 0 Å². The van der Waals surface area contributed by atoms with Gasteiger partial charge in [0.15, 0.2) is 0 Å². The Morgan fingerprint density at radius 1 is 1.06 bits per heavy atom. The maximum atomic E-state index is 13.8. The molecule has 0 aromatic rings. The molecule has 0 aromatic carbocycles. The summed E-state index contributed by atoms with van der Waals surface area (Å²) in [5, 5.41) is 18.2. The van der Waals surface area contributed by atoms with Crippen LogP contribution in [0.2, 0.25) is 0 Å². The lowest BCUT2D eigenvalue weighted by Crippen LogP contribution is -2.35. The van der Waals surface area contributed by atoms with Gasteiger partial charge in [-0.2, -0.15) is 5.26 Å². The predicted octanol–water partition coefficient (Wildman–Crippen LogP) is 2.82. The third-order valence-corrected chi connectivity index (χ3v) is 4.35. The molecule has 3 unspecified atom stereocenters. The lowest BCUT2D eigenvalue weighted by atomic mass is 9.70. The molecule has 2 rings (SSSR count). The van der Waals surface area contributed by atoms with Crippen molar-refractivity contribution in [2.24, 2.45) is 17.8 Å². The Morgan fingerprint density at radius 2 is 1.75 bits per heavy atom. The van der Waals surface area contributed by atoms with Gasteiger partial charge in [0.2, 0.25) is 0 Å². The van der Waals surface area contributed by atoms with Gasteiger partial charge in [-0.3, -0.25) is 0 Å². The highest BCUT2D eigenvalue weighted by atomic mass is 19.1. The Kier molecular flexibility index (Phi) is 3.81. The minimum Gasteiger partial charge on any atom is -0.393 e. The fourth-order valence-electron chi connectivity index (χ4n) is 3.33. The van der Waals surface area contributed by atoms with E-state index in [1.54, 1.807) is 0 Å². The molecule has 0 spiro atoms. The van der Waals surface area contributed by atoms with E-state index in [1.807, 2.05) is 0 Å². The van der Waals surface area contributed by atoms with Crippen LogP contribution in [0.25, 0.3) is 0 Å². The van der Waals surface area contributed by atoms with Crippen molar-refractivity contribution in [1.82, 2.24) is 0 Å². The van der Waals surface area contributed by atoms with Gasteiger partial charge in [0, 0.05) is 12.3 Å². The lowest BCUT2D eigenvalue weighted by molar-refractivity contribution is 0.0161. The summed E-state index contributed by atoms with van der Waals surface area (Å²) in [4.78, 5) is 0. The molecule has 2 saturated carbocycles. The van der Waals surface area contributed by atoms with Gasteiger partial charge in [-0.05, 0) is 50.4 Å². The molecule has 0 bridgehead atoms. The number of rotatable bonds is 1. The smallest absolute Gasteiger partial charge is 0.106 e. The van der Waals surface area contributed by atoms with E-state index in [0.29, 0.717) is 12.3 Å². The molecule has 0 heterocycles. The third kappa shape index (κ3) is 2.55. The maximum Gasteiger partial charge on any atom is 0.106 e. The molecule has 0 amide bonds. The van der Waals surface area contributed by atoms with Gasteiger partial charge in [0.25, 0.3) is 0 Å². The van der Waals surface area contributed by atoms with E-state index >= 15 is 0 Å². The van der Waals surface area contributed by atoms with Crippen LogP contribution < -0.4 is 0 Å². The highest BCUT2D eigenvalue weighted by molar-refractivity contribution is 4.91. The molecule has 1 N–H and O–H groups in total. The number of halogens is 1. The zero-order chi connectivity index (χ0) is 11.5. The fraction of sp³-hybridized carbons (Fsp3) is 0.923. The Morgan fingerprint density at radius 3 is 2.31 bits per heavy atom. The maximum absolute atomic E-state index is 13.8. The second kappa shape index (κ2) is 5.14. The Hall–Kier alpha value is -0.620. The summed E-state index contributed by atoms with van der Waals surface area (Å²) in [6.45, 7) is 0. The second-order valence-electron chi connectivity index (χ2n) is 5.39. The molecule has 2 nitrogen and oxygen atoms in total. The van der Waals surface area contributed by atoms with Crippen molar-refractivity contribution in [3.63, 3.8) is 0 Å². The van der Waals surface area contributed by atoms with Crippen molar-refractivity contribution in [2.45, 2.75) is 57.2 Å². The summed E-state index contributed by atoms with van der Waals surface area (Å²) in [7, 11) is 0. The standard InChI is InChI=1S/C13H20FNO/c14-13-7-11(16)5-6-12(13)10-3-1-9(8-15)2-4-10/h9-13,16H,1-7H2. The number of nitriles is 1. The predicted molar refractivity (Wildman–Crippen MR) is 59.3 cm³/mol. The third-order valence-electron chi connectivity index (χ3n) is 4.35. The van der Waals surface area contributed by atoms with Crippen LogP contribution in [-0.2, 0) is 0 Å². The van der Waals surface area contributed by atoms with Crippen molar-refractivity contribution in [3.05, 3.63) is 0 Å². The molecule has 3 atom stereocenters. The minimum absolute atomic E-state index is 0.142. The summed E-state index contributed by atoms with van der Waals surface area (Å²) in [6.07, 6.45) is 4.52. The summed E-state index contributed by atoms with van der Waals surface area (Å²) >= 11 is 0. The van der Waals surface area contributed by atoms with Gasteiger partial charge in [-0.1, -0.05) is 0 Å². The van der Waals surface area contributed by atoms with Crippen LogP contribution in [0.1, 0.15) is 44.9 Å². The summed E-state index contributed by atoms with van der Waals surface area (Å²) in [5.74, 6) is 0.790. The van der Waals surface area contributed by atoms with Crippen LogP contribution in [0, 0.1) is 29.1 Å². The van der Waals surface area contributed by atoms with E-state index in [4.69, 9.17) is 5.26 Å². The van der Waals surface area contributed by atoms with Crippen molar-refractivity contribution in [2.75, 3.05) is 0 Å². The molecule has 0 aromatic heterocycles. The van der Waals surface area contributed by atoms with Crippen molar-refractivity contribution >= 4 is 0 Å². The summed E-state index contributed by atoms with van der Waals surface area (Å²) in [5.41, 5.74) is 0. The van der Waals surface area contributed by atoms with E-state index in [9.17, 15) is 9.50 Å². The van der Waals surface area contributed by atoms with Gasteiger partial charge >= 0.3 is 0 Å². The minimum atomic E-state index is -0.826. The van der Waals surface area contributed by atoms with Gasteiger partial charge in [0.05, 0.1) is 12.2 Å². The first-order valence-electron chi connectivity index (χ1n) is 6.42. The highest BCUT2D eigenvalue weighted by Crippen LogP contribution is 2.41. The normalized spacial score (nSPS) is 44.9. The number of hydrogen-bond acceptors (Lipinski definition) is 2. The lowest BCUT2D eigenvalue weighted by Gasteiger charge is -2.37. The average Bonchev–Trinajstić information content (AvgIpc) is 2.29. The monoisotopic (exact) mass is 225 g/mol. The second-order valence-corrected chi connectivity index (χ2v) is 5.39. The van der Waals surface area contributed by atoms with Crippen molar-refractivity contribution < 1.29 is 9.50 Å². The SMILES string of the molecule is N#CC1CCC(C2CCC(O)CC2F)CC1. The summed E-state index contributed by atoms with van der Waals surface area (Å²) in [6, 6.07) is 2.31. The van der Waals surface area contributed by atoms with Gasteiger partial charge < -0.3 is 5.11 Å². The average molecular weight is 225 g/mol. The van der Waals surface area contributed by atoms with E-state index in [2.05, 4.69) is 6.07 Å². The molecule has 2 fully saturated rings. The molecule has 2 aliphatic rings. The number of hydrogen-bond donors (Lipinski definition) is 1. The van der Waals surface area contributed by atoms with E-state index in [1.165, 1.54) is 0 Å². The molecule has 0 saturated heterocycles. The first-order chi connectivity index (χ1) is 7.70. The molecule has 90 valence electrons. The zero-order valence-electron chi connectivity index (χ0n) is 9.61. The van der Waals surface area contributed by atoms with Gasteiger partial charge in [0.1, 0.15) is 6.17 Å². The number of aliphatic hydroxyl groups excluding tert-OH is 1. The molecule has 0 radical (unpaired) electrons. The van der Waals surface area contributed by atoms with Crippen LogP contribution in [-0.4, -0.2) is 17.4 Å². The Balaban J connectivity index is 1.87. The molecule has 16 heavy (non-hydrogen) atoms. The van der Waals surface area contributed by atoms with Crippen LogP contribution in [0.5, 0.6) is 0 Å². The van der Waals surface area contributed by atoms with Gasteiger partial charge in [-0.15, -0.1) is 0 Å². The number of alkyl halides is 1. The number of aliphatic hydroxyl groups is 1. The largest absolute Gasteiger partial charge is 0.393 e. The molecule has 3 heteroatoms. The van der Waals surface area contributed by atoms with Crippen LogP contribution >= 0.6 is 0 Å². The van der Waals surface area contributed by atoms with Crippen molar-refractivity contribution in [1.29, 1.82) is 5.26 Å². The first kappa shape index (κ1) is 11.9. The number of nitrogens with zero attached hydrogens (tertiary/aromatic N) is 1. The van der Waals surface area contributed by atoms with Crippen molar-refractivity contribution in [3.8, 4) is 6.07 Å². The molecule has 0 aliphatic heterocycles. The molecular formula is C13H20FNO.